The van der Waals surface area contributed by atoms with E-state index in [4.69, 9.17) is 9.84 Å². The summed E-state index contributed by atoms with van der Waals surface area (Å²) in [5.41, 5.74) is -0.0920. The molecule has 2 atom stereocenters. The lowest BCUT2D eigenvalue weighted by Gasteiger charge is -2.28. The predicted molar refractivity (Wildman–Crippen MR) is 92.5 cm³/mol. The normalized spacial score (nSPS) is 20.9. The molecule has 1 aromatic rings. The highest BCUT2D eigenvalue weighted by molar-refractivity contribution is 7.90. The lowest BCUT2D eigenvalue weighted by atomic mass is 9.88. The quantitative estimate of drug-likeness (QED) is 0.796. The van der Waals surface area contributed by atoms with Crippen molar-refractivity contribution in [2.45, 2.75) is 43.6 Å². The molecule has 25 heavy (non-hydrogen) atoms. The molecule has 8 heteroatoms. The molecule has 1 fully saturated rings. The molecule has 7 nitrogen and oxygen atoms in total. The lowest BCUT2D eigenvalue weighted by Crippen LogP contribution is -2.29. The summed E-state index contributed by atoms with van der Waals surface area (Å²) in [7, 11) is -3.60. The maximum absolute atomic E-state index is 12.1. The smallest absolute Gasteiger partial charge is 0.335 e. The van der Waals surface area contributed by atoms with Crippen LogP contribution in [0.5, 0.6) is 0 Å². The van der Waals surface area contributed by atoms with Gasteiger partial charge in [0.2, 0.25) is 5.91 Å². The molecular weight excluding hydrogens is 346 g/mol. The zero-order chi connectivity index (χ0) is 18.6. The Kier molecular flexibility index (Phi) is 6.18. The van der Waals surface area contributed by atoms with Crippen molar-refractivity contribution in [3.05, 3.63) is 23.8 Å². The molecule has 1 aliphatic carbocycles. The first-order valence-electron chi connectivity index (χ1n) is 8.16. The number of hydrogen-bond donors (Lipinski definition) is 2. The Hall–Kier alpha value is -1.93. The van der Waals surface area contributed by atoms with Gasteiger partial charge in [0.15, 0.2) is 9.84 Å². The van der Waals surface area contributed by atoms with Crippen LogP contribution in [-0.2, 0) is 19.4 Å². The highest BCUT2D eigenvalue weighted by Crippen LogP contribution is 2.26. The third-order valence-electron chi connectivity index (χ3n) is 4.33. The molecule has 2 unspecified atom stereocenters. The van der Waals surface area contributed by atoms with Gasteiger partial charge in [0.05, 0.1) is 16.6 Å². The first-order chi connectivity index (χ1) is 11.7. The Balaban J connectivity index is 2.06. The van der Waals surface area contributed by atoms with Crippen LogP contribution in [0.1, 0.15) is 43.0 Å². The average Bonchev–Trinajstić information content (AvgIpc) is 2.53. The zero-order valence-corrected chi connectivity index (χ0v) is 15.1. The number of ether oxygens (including phenoxy) is 1. The van der Waals surface area contributed by atoms with Gasteiger partial charge in [-0.05, 0) is 37.0 Å². The van der Waals surface area contributed by atoms with Gasteiger partial charge >= 0.3 is 5.97 Å². The second-order valence-electron chi connectivity index (χ2n) is 6.48. The van der Waals surface area contributed by atoms with E-state index in [1.807, 2.05) is 0 Å². The fourth-order valence-electron chi connectivity index (χ4n) is 2.92. The molecule has 1 aromatic carbocycles. The van der Waals surface area contributed by atoms with Crippen LogP contribution in [0, 0.1) is 5.92 Å². The van der Waals surface area contributed by atoms with Gasteiger partial charge in [0.25, 0.3) is 0 Å². The van der Waals surface area contributed by atoms with Crippen LogP contribution >= 0.6 is 0 Å². The van der Waals surface area contributed by atoms with E-state index in [0.717, 1.165) is 31.6 Å². The first-order valence-corrected chi connectivity index (χ1v) is 10.1. The van der Waals surface area contributed by atoms with Crippen LogP contribution in [0.3, 0.4) is 0 Å². The van der Waals surface area contributed by atoms with Crippen LogP contribution in [0.25, 0.3) is 0 Å². The highest BCUT2D eigenvalue weighted by atomic mass is 32.2. The standard InChI is InChI=1S/C17H23NO6S/c1-11-5-3-4-6-15(11)24-10-16(19)18-13-7-12(17(20)21)8-14(9-13)25(2,22)23/h7-9,11,15H,3-6,10H2,1-2H3,(H,18,19)(H,20,21). The average molecular weight is 369 g/mol. The third-order valence-corrected chi connectivity index (χ3v) is 5.42. The summed E-state index contributed by atoms with van der Waals surface area (Å²) < 4.78 is 29.0. The van der Waals surface area contributed by atoms with Crippen molar-refractivity contribution in [2.24, 2.45) is 5.92 Å². The highest BCUT2D eigenvalue weighted by Gasteiger charge is 2.23. The Bertz CT molecular complexity index is 758. The summed E-state index contributed by atoms with van der Waals surface area (Å²) in [4.78, 5) is 23.1. The van der Waals surface area contributed by atoms with E-state index < -0.39 is 21.7 Å². The fraction of sp³-hybridized carbons (Fsp3) is 0.529. The number of carbonyl (C=O) groups excluding carboxylic acids is 1. The van der Waals surface area contributed by atoms with Crippen molar-refractivity contribution in [2.75, 3.05) is 18.2 Å². The van der Waals surface area contributed by atoms with Gasteiger partial charge in [-0.25, -0.2) is 13.2 Å². The molecule has 0 aliphatic heterocycles. The van der Waals surface area contributed by atoms with Gasteiger partial charge in [0, 0.05) is 11.9 Å². The lowest BCUT2D eigenvalue weighted by molar-refractivity contribution is -0.124. The van der Waals surface area contributed by atoms with Gasteiger partial charge in [0.1, 0.15) is 6.61 Å². The zero-order valence-electron chi connectivity index (χ0n) is 14.3. The minimum atomic E-state index is -3.60. The summed E-state index contributed by atoms with van der Waals surface area (Å²) >= 11 is 0. The van der Waals surface area contributed by atoms with Gasteiger partial charge < -0.3 is 15.2 Å². The second-order valence-corrected chi connectivity index (χ2v) is 8.50. The topological polar surface area (TPSA) is 110 Å². The molecule has 0 heterocycles. The van der Waals surface area contributed by atoms with E-state index in [0.29, 0.717) is 5.92 Å². The van der Waals surface area contributed by atoms with E-state index in [9.17, 15) is 18.0 Å². The SMILES string of the molecule is CC1CCCCC1OCC(=O)Nc1cc(C(=O)O)cc(S(C)(=O)=O)c1. The largest absolute Gasteiger partial charge is 0.478 e. The first kappa shape index (κ1) is 19.4. The van der Waals surface area contributed by atoms with E-state index in [-0.39, 0.29) is 28.9 Å². The monoisotopic (exact) mass is 369 g/mol. The molecular formula is C17H23NO6S. The van der Waals surface area contributed by atoms with Gasteiger partial charge in [-0.2, -0.15) is 0 Å². The number of benzene rings is 1. The van der Waals surface area contributed by atoms with Crippen LogP contribution < -0.4 is 5.32 Å². The number of hydrogen-bond acceptors (Lipinski definition) is 5. The Morgan fingerprint density at radius 2 is 1.92 bits per heavy atom. The Morgan fingerprint density at radius 1 is 1.24 bits per heavy atom. The summed E-state index contributed by atoms with van der Waals surface area (Å²) in [5, 5.41) is 11.6. The van der Waals surface area contributed by atoms with E-state index in [1.54, 1.807) is 0 Å². The van der Waals surface area contributed by atoms with Crippen LogP contribution in [0.4, 0.5) is 5.69 Å². The van der Waals surface area contributed by atoms with Crippen molar-refractivity contribution in [3.63, 3.8) is 0 Å². The number of amides is 1. The molecule has 1 amide bonds. The number of rotatable bonds is 6. The minimum absolute atomic E-state index is 0.0384. The maximum atomic E-state index is 12.1. The van der Waals surface area contributed by atoms with Crippen molar-refractivity contribution in [3.8, 4) is 0 Å². The summed E-state index contributed by atoms with van der Waals surface area (Å²) in [6, 6.07) is 3.52. The van der Waals surface area contributed by atoms with Crippen molar-refractivity contribution >= 4 is 27.4 Å². The number of carbonyl (C=O) groups is 2. The summed E-state index contributed by atoms with van der Waals surface area (Å²) in [6.07, 6.45) is 5.26. The summed E-state index contributed by atoms with van der Waals surface area (Å²) in [5.74, 6) is -1.32. The number of nitrogens with one attached hydrogen (secondary N) is 1. The molecule has 0 aromatic heterocycles. The molecule has 138 valence electrons. The maximum Gasteiger partial charge on any atom is 0.335 e. The van der Waals surface area contributed by atoms with Gasteiger partial charge in [-0.1, -0.05) is 19.8 Å². The van der Waals surface area contributed by atoms with Crippen molar-refractivity contribution < 1.29 is 27.9 Å². The molecule has 2 N–H and O–H groups in total. The Labute approximate surface area is 147 Å². The third kappa shape index (κ3) is 5.54. The summed E-state index contributed by atoms with van der Waals surface area (Å²) in [6.45, 7) is 1.94. The molecule has 0 radical (unpaired) electrons. The number of aromatic carboxylic acids is 1. The van der Waals surface area contributed by atoms with Gasteiger partial charge in [-0.15, -0.1) is 0 Å². The molecule has 0 spiro atoms. The van der Waals surface area contributed by atoms with Crippen LogP contribution in [-0.4, -0.2) is 44.4 Å². The Morgan fingerprint density at radius 3 is 2.52 bits per heavy atom. The number of carboxylic acids is 1. The molecule has 0 saturated heterocycles. The fourth-order valence-corrected chi connectivity index (χ4v) is 3.60. The van der Waals surface area contributed by atoms with Crippen molar-refractivity contribution in [1.82, 2.24) is 0 Å². The van der Waals surface area contributed by atoms with Crippen LogP contribution in [0.2, 0.25) is 0 Å². The number of sulfone groups is 1. The molecule has 1 aliphatic rings. The van der Waals surface area contributed by atoms with E-state index in [1.165, 1.54) is 18.6 Å². The number of anilines is 1. The molecule has 1 saturated carbocycles. The second kappa shape index (κ2) is 7.97. The van der Waals surface area contributed by atoms with Gasteiger partial charge in [-0.3, -0.25) is 4.79 Å². The van der Waals surface area contributed by atoms with E-state index >= 15 is 0 Å². The molecule has 0 bridgehead atoms. The molecule has 2 rings (SSSR count). The van der Waals surface area contributed by atoms with Crippen LogP contribution in [0.15, 0.2) is 23.1 Å². The van der Waals surface area contributed by atoms with Crippen molar-refractivity contribution in [1.29, 1.82) is 0 Å². The van der Waals surface area contributed by atoms with E-state index in [2.05, 4.69) is 12.2 Å². The number of carboxylic acid groups (broad SMARTS) is 1. The predicted octanol–water partition coefficient (Wildman–Crippen LogP) is 2.32. The minimum Gasteiger partial charge on any atom is -0.478 e.